The second-order valence-corrected chi connectivity index (χ2v) is 3.91. The fourth-order valence-electron chi connectivity index (χ4n) is 1.53. The molecule has 0 atom stereocenters. The highest BCUT2D eigenvalue weighted by molar-refractivity contribution is 5.92. The van der Waals surface area contributed by atoms with Crippen LogP contribution >= 0.6 is 0 Å². The molecule has 0 saturated carbocycles. The maximum Gasteiger partial charge on any atom is 0.270 e. The van der Waals surface area contributed by atoms with E-state index in [0.29, 0.717) is 12.2 Å². The van der Waals surface area contributed by atoms with Crippen LogP contribution in [0.4, 0.5) is 5.95 Å². The molecule has 0 aliphatic rings. The summed E-state index contributed by atoms with van der Waals surface area (Å²) in [5.74, 6) is 5.17. The Morgan fingerprint density at radius 2 is 2.26 bits per heavy atom. The summed E-state index contributed by atoms with van der Waals surface area (Å²) in [4.78, 5) is 23.9. The summed E-state index contributed by atoms with van der Waals surface area (Å²) in [6, 6.07) is 5.29. The first kappa shape index (κ1) is 12.9. The van der Waals surface area contributed by atoms with Crippen LogP contribution in [-0.4, -0.2) is 20.9 Å². The zero-order valence-electron chi connectivity index (χ0n) is 10.4. The van der Waals surface area contributed by atoms with Crippen LogP contribution in [0, 0.1) is 6.92 Å². The minimum absolute atomic E-state index is 0.214. The van der Waals surface area contributed by atoms with Gasteiger partial charge in [-0.1, -0.05) is 6.07 Å². The molecular formula is C12H14N6O. The number of aromatic nitrogens is 3. The number of amides is 1. The monoisotopic (exact) mass is 258 g/mol. The molecule has 19 heavy (non-hydrogen) atoms. The summed E-state index contributed by atoms with van der Waals surface area (Å²) >= 11 is 0. The van der Waals surface area contributed by atoms with Crippen LogP contribution in [0.5, 0.6) is 0 Å². The third-order valence-electron chi connectivity index (χ3n) is 2.39. The van der Waals surface area contributed by atoms with Crippen LogP contribution in [-0.2, 0) is 6.54 Å². The number of carbonyl (C=O) groups excluding carboxylic acids is 1. The van der Waals surface area contributed by atoms with Gasteiger partial charge in [0.05, 0.1) is 0 Å². The highest BCUT2D eigenvalue weighted by Gasteiger charge is 2.09. The Bertz CT molecular complexity index is 572. The van der Waals surface area contributed by atoms with Gasteiger partial charge in [0.15, 0.2) is 0 Å². The number of hydrogen-bond donors (Lipinski definition) is 3. The number of hydrazine groups is 1. The van der Waals surface area contributed by atoms with E-state index in [9.17, 15) is 4.79 Å². The largest absolute Gasteiger partial charge is 0.347 e. The minimum Gasteiger partial charge on any atom is -0.347 e. The number of hydrogen-bond acceptors (Lipinski definition) is 6. The molecule has 2 aromatic rings. The molecule has 98 valence electrons. The summed E-state index contributed by atoms with van der Waals surface area (Å²) in [6.45, 7) is 2.15. The van der Waals surface area contributed by atoms with E-state index in [4.69, 9.17) is 5.84 Å². The first-order chi connectivity index (χ1) is 9.19. The molecule has 1 amide bonds. The average Bonchev–Trinajstić information content (AvgIpc) is 2.45. The Balaban J connectivity index is 2.06. The molecule has 2 heterocycles. The van der Waals surface area contributed by atoms with Crippen LogP contribution in [0.2, 0.25) is 0 Å². The zero-order valence-corrected chi connectivity index (χ0v) is 10.4. The highest BCUT2D eigenvalue weighted by atomic mass is 16.1. The van der Waals surface area contributed by atoms with Crippen molar-refractivity contribution in [3.8, 4) is 0 Å². The second-order valence-electron chi connectivity index (χ2n) is 3.91. The van der Waals surface area contributed by atoms with Crippen molar-refractivity contribution in [3.05, 3.63) is 47.5 Å². The molecule has 0 saturated heterocycles. The molecular weight excluding hydrogens is 244 g/mol. The van der Waals surface area contributed by atoms with Crippen molar-refractivity contribution < 1.29 is 4.79 Å². The number of nitrogens with zero attached hydrogens (tertiary/aromatic N) is 3. The van der Waals surface area contributed by atoms with E-state index in [1.165, 1.54) is 0 Å². The van der Waals surface area contributed by atoms with Crippen molar-refractivity contribution in [1.82, 2.24) is 20.3 Å². The van der Waals surface area contributed by atoms with E-state index >= 15 is 0 Å². The number of nitrogens with two attached hydrogens (primary N) is 1. The third-order valence-corrected chi connectivity index (χ3v) is 2.39. The van der Waals surface area contributed by atoms with Crippen LogP contribution in [0.25, 0.3) is 0 Å². The van der Waals surface area contributed by atoms with E-state index in [0.717, 1.165) is 5.56 Å². The van der Waals surface area contributed by atoms with E-state index in [1.807, 2.05) is 12.1 Å². The molecule has 2 rings (SSSR count). The quantitative estimate of drug-likeness (QED) is 0.541. The molecule has 7 nitrogen and oxygen atoms in total. The number of nitrogens with one attached hydrogen (secondary N) is 2. The van der Waals surface area contributed by atoms with Gasteiger partial charge in [0.2, 0.25) is 5.95 Å². The maximum atomic E-state index is 11.9. The smallest absolute Gasteiger partial charge is 0.270 e. The van der Waals surface area contributed by atoms with E-state index in [1.54, 1.807) is 25.4 Å². The van der Waals surface area contributed by atoms with Crippen molar-refractivity contribution in [3.63, 3.8) is 0 Å². The molecule has 0 unspecified atom stereocenters. The van der Waals surface area contributed by atoms with E-state index in [-0.39, 0.29) is 17.5 Å². The summed E-state index contributed by atoms with van der Waals surface area (Å²) in [6.07, 6.45) is 3.37. The summed E-state index contributed by atoms with van der Waals surface area (Å²) in [7, 11) is 0. The van der Waals surface area contributed by atoms with Gasteiger partial charge in [-0.2, -0.15) is 0 Å². The van der Waals surface area contributed by atoms with Gasteiger partial charge >= 0.3 is 0 Å². The molecule has 4 N–H and O–H groups in total. The fourth-order valence-corrected chi connectivity index (χ4v) is 1.53. The Labute approximate surface area is 110 Å². The molecule has 0 spiro atoms. The number of aryl methyl sites for hydroxylation is 1. The molecule has 0 fully saturated rings. The maximum absolute atomic E-state index is 11.9. The number of carbonyl (C=O) groups is 1. The third kappa shape index (κ3) is 3.46. The second kappa shape index (κ2) is 5.87. The number of anilines is 1. The molecule has 0 radical (unpaired) electrons. The lowest BCUT2D eigenvalue weighted by Gasteiger charge is -2.06. The number of rotatable bonds is 4. The van der Waals surface area contributed by atoms with Crippen molar-refractivity contribution in [2.45, 2.75) is 13.5 Å². The van der Waals surface area contributed by atoms with Gasteiger partial charge in [-0.25, -0.2) is 15.8 Å². The SMILES string of the molecule is Cc1cc(C(=O)NCc2cccnc2)nc(NN)n1. The van der Waals surface area contributed by atoms with E-state index in [2.05, 4.69) is 25.7 Å². The predicted octanol–water partition coefficient (Wildman–Crippen LogP) is 0.396. The van der Waals surface area contributed by atoms with Gasteiger partial charge in [-0.15, -0.1) is 0 Å². The summed E-state index contributed by atoms with van der Waals surface area (Å²) in [5.41, 5.74) is 4.17. The van der Waals surface area contributed by atoms with Crippen molar-refractivity contribution in [2.75, 3.05) is 5.43 Å². The fraction of sp³-hybridized carbons (Fsp3) is 0.167. The minimum atomic E-state index is -0.286. The normalized spacial score (nSPS) is 10.0. The summed E-state index contributed by atoms with van der Waals surface area (Å²) < 4.78 is 0. The zero-order chi connectivity index (χ0) is 13.7. The van der Waals surface area contributed by atoms with Gasteiger partial charge in [0.1, 0.15) is 5.69 Å². The standard InChI is InChI=1S/C12H14N6O/c1-8-5-10(17-12(16-8)18-13)11(19)15-7-9-3-2-4-14-6-9/h2-6H,7,13H2,1H3,(H,15,19)(H,16,17,18). The topological polar surface area (TPSA) is 106 Å². The molecule has 0 aliphatic carbocycles. The van der Waals surface area contributed by atoms with Crippen LogP contribution in [0.15, 0.2) is 30.6 Å². The molecule has 7 heteroatoms. The van der Waals surface area contributed by atoms with Crippen molar-refractivity contribution in [1.29, 1.82) is 0 Å². The van der Waals surface area contributed by atoms with Crippen LogP contribution in [0.3, 0.4) is 0 Å². The van der Waals surface area contributed by atoms with E-state index < -0.39 is 0 Å². The van der Waals surface area contributed by atoms with Gasteiger partial charge in [-0.05, 0) is 24.6 Å². The first-order valence-corrected chi connectivity index (χ1v) is 5.68. The number of nitrogen functional groups attached to an aromatic ring is 1. The number of pyridine rings is 1. The van der Waals surface area contributed by atoms with Gasteiger partial charge in [0.25, 0.3) is 5.91 Å². The van der Waals surface area contributed by atoms with Gasteiger partial charge in [-0.3, -0.25) is 15.2 Å². The van der Waals surface area contributed by atoms with Gasteiger partial charge < -0.3 is 5.32 Å². The predicted molar refractivity (Wildman–Crippen MR) is 70.0 cm³/mol. The molecule has 0 aliphatic heterocycles. The van der Waals surface area contributed by atoms with Crippen molar-refractivity contribution in [2.24, 2.45) is 5.84 Å². The van der Waals surface area contributed by atoms with Gasteiger partial charge in [0, 0.05) is 24.6 Å². The Hall–Kier alpha value is -2.54. The Morgan fingerprint density at radius 3 is 2.95 bits per heavy atom. The van der Waals surface area contributed by atoms with Crippen LogP contribution in [0.1, 0.15) is 21.7 Å². The lowest BCUT2D eigenvalue weighted by molar-refractivity contribution is 0.0945. The molecule has 0 bridgehead atoms. The molecule has 0 aromatic carbocycles. The first-order valence-electron chi connectivity index (χ1n) is 5.68. The lowest BCUT2D eigenvalue weighted by atomic mass is 10.2. The highest BCUT2D eigenvalue weighted by Crippen LogP contribution is 2.04. The Morgan fingerprint density at radius 1 is 1.42 bits per heavy atom. The van der Waals surface area contributed by atoms with Crippen molar-refractivity contribution >= 4 is 11.9 Å². The lowest BCUT2D eigenvalue weighted by Crippen LogP contribution is -2.25. The Kier molecular flexibility index (Phi) is 3.99. The van der Waals surface area contributed by atoms with Crippen LogP contribution < -0.4 is 16.6 Å². The average molecular weight is 258 g/mol. The summed E-state index contributed by atoms with van der Waals surface area (Å²) in [5, 5.41) is 2.76. The molecule has 2 aromatic heterocycles.